The lowest BCUT2D eigenvalue weighted by atomic mass is 10.2. The third kappa shape index (κ3) is 3.85. The van der Waals surface area contributed by atoms with Gasteiger partial charge in [-0.05, 0) is 12.0 Å². The molecule has 0 amide bonds. The van der Waals surface area contributed by atoms with Crippen molar-refractivity contribution in [2.75, 3.05) is 32.7 Å². The number of hydrogen-bond acceptors (Lipinski definition) is 4. The first-order valence-electron chi connectivity index (χ1n) is 6.91. The van der Waals surface area contributed by atoms with E-state index in [0.29, 0.717) is 32.1 Å². The van der Waals surface area contributed by atoms with Gasteiger partial charge in [-0.3, -0.25) is 4.79 Å². The molecule has 8 heteroatoms. The molecule has 1 aromatic heterocycles. The number of halogens is 1. The zero-order chi connectivity index (χ0) is 15.6. The van der Waals surface area contributed by atoms with E-state index in [1.165, 1.54) is 16.6 Å². The van der Waals surface area contributed by atoms with E-state index in [2.05, 4.69) is 23.7 Å². The normalized spacial score (nSPS) is 18.3. The number of hydrogen-bond donors (Lipinski definition) is 1. The lowest BCUT2D eigenvalue weighted by Gasteiger charge is -2.34. The molecule has 2 rings (SSSR count). The van der Waals surface area contributed by atoms with Crippen LogP contribution in [-0.4, -0.2) is 55.3 Å². The van der Waals surface area contributed by atoms with E-state index in [1.54, 1.807) is 0 Å². The van der Waals surface area contributed by atoms with Gasteiger partial charge in [0.2, 0.25) is 10.0 Å². The molecule has 118 valence electrons. The minimum atomic E-state index is -3.60. The average molecular weight is 334 g/mol. The van der Waals surface area contributed by atoms with Crippen LogP contribution in [0.25, 0.3) is 0 Å². The van der Waals surface area contributed by atoms with Gasteiger partial charge < -0.3 is 9.88 Å². The molecule has 0 bridgehead atoms. The van der Waals surface area contributed by atoms with E-state index < -0.39 is 15.6 Å². The van der Waals surface area contributed by atoms with Crippen LogP contribution < -0.4 is 5.56 Å². The van der Waals surface area contributed by atoms with Gasteiger partial charge in [0.1, 0.15) is 5.02 Å². The second kappa shape index (κ2) is 6.48. The quantitative estimate of drug-likeness (QED) is 0.891. The van der Waals surface area contributed by atoms with Crippen LogP contribution in [0.4, 0.5) is 0 Å². The molecule has 1 fully saturated rings. The van der Waals surface area contributed by atoms with Crippen molar-refractivity contribution in [3.8, 4) is 0 Å². The fourth-order valence-corrected chi connectivity index (χ4v) is 4.06. The molecule has 0 aliphatic carbocycles. The maximum absolute atomic E-state index is 12.5. The third-order valence-electron chi connectivity index (χ3n) is 3.42. The molecule has 1 aromatic rings. The molecular formula is C13H20ClN3O3S. The maximum Gasteiger partial charge on any atom is 0.266 e. The topological polar surface area (TPSA) is 73.5 Å². The zero-order valence-electron chi connectivity index (χ0n) is 12.2. The molecule has 0 spiro atoms. The van der Waals surface area contributed by atoms with E-state index in [-0.39, 0.29) is 9.92 Å². The summed E-state index contributed by atoms with van der Waals surface area (Å²) in [5, 5.41) is -0.116. The zero-order valence-corrected chi connectivity index (χ0v) is 13.7. The maximum atomic E-state index is 12.5. The summed E-state index contributed by atoms with van der Waals surface area (Å²) in [7, 11) is -3.60. The summed E-state index contributed by atoms with van der Waals surface area (Å²) in [5.74, 6) is 0.561. The summed E-state index contributed by atoms with van der Waals surface area (Å²) in [6.45, 7) is 7.59. The molecule has 0 radical (unpaired) electrons. The van der Waals surface area contributed by atoms with E-state index in [1.807, 2.05) is 0 Å². The number of piperazine rings is 1. The van der Waals surface area contributed by atoms with Crippen LogP contribution in [0.15, 0.2) is 22.0 Å². The molecule has 0 saturated carbocycles. The van der Waals surface area contributed by atoms with Gasteiger partial charge in [0, 0.05) is 38.9 Å². The van der Waals surface area contributed by atoms with Crippen LogP contribution in [-0.2, 0) is 10.0 Å². The molecule has 2 heterocycles. The second-order valence-electron chi connectivity index (χ2n) is 5.61. The predicted octanol–water partition coefficient (Wildman–Crippen LogP) is 0.991. The Morgan fingerprint density at radius 1 is 1.29 bits per heavy atom. The molecule has 1 N–H and O–H groups in total. The molecular weight excluding hydrogens is 314 g/mol. The highest BCUT2D eigenvalue weighted by Crippen LogP contribution is 2.18. The number of nitrogens with zero attached hydrogens (tertiary/aromatic N) is 2. The Bertz CT molecular complexity index is 649. The Kier molecular flexibility index (Phi) is 5.08. The third-order valence-corrected chi connectivity index (χ3v) is 5.58. The van der Waals surface area contributed by atoms with Crippen LogP contribution in [0.3, 0.4) is 0 Å². The van der Waals surface area contributed by atoms with Crippen molar-refractivity contribution < 1.29 is 8.42 Å². The van der Waals surface area contributed by atoms with E-state index in [0.717, 1.165) is 6.54 Å². The van der Waals surface area contributed by atoms with Crippen LogP contribution in [0, 0.1) is 5.92 Å². The molecule has 21 heavy (non-hydrogen) atoms. The minimum absolute atomic E-state index is 0.0319. The number of aromatic nitrogens is 1. The van der Waals surface area contributed by atoms with E-state index in [4.69, 9.17) is 11.6 Å². The Morgan fingerprint density at radius 3 is 2.43 bits per heavy atom. The minimum Gasteiger partial charge on any atom is -0.326 e. The smallest absolute Gasteiger partial charge is 0.266 e. The fourth-order valence-electron chi connectivity index (χ4n) is 2.40. The molecule has 6 nitrogen and oxygen atoms in total. The first-order chi connectivity index (χ1) is 9.80. The Balaban J connectivity index is 2.11. The second-order valence-corrected chi connectivity index (χ2v) is 7.96. The van der Waals surface area contributed by atoms with Crippen molar-refractivity contribution in [3.05, 3.63) is 27.6 Å². The first-order valence-corrected chi connectivity index (χ1v) is 8.73. The van der Waals surface area contributed by atoms with Crippen LogP contribution in [0.1, 0.15) is 13.8 Å². The largest absolute Gasteiger partial charge is 0.326 e. The average Bonchev–Trinajstić information content (AvgIpc) is 2.41. The number of rotatable bonds is 4. The summed E-state index contributed by atoms with van der Waals surface area (Å²) in [6.07, 6.45) is 1.20. The van der Waals surface area contributed by atoms with E-state index in [9.17, 15) is 13.2 Å². The van der Waals surface area contributed by atoms with Crippen molar-refractivity contribution >= 4 is 21.6 Å². The molecule has 1 saturated heterocycles. The van der Waals surface area contributed by atoms with Gasteiger partial charge in [0.05, 0.1) is 4.90 Å². The Hall–Kier alpha value is -0.890. The Labute approximate surface area is 129 Å². The summed E-state index contributed by atoms with van der Waals surface area (Å²) in [6, 6.07) is 1.20. The lowest BCUT2D eigenvalue weighted by Crippen LogP contribution is -2.49. The number of nitrogens with one attached hydrogen (secondary N) is 1. The summed E-state index contributed by atoms with van der Waals surface area (Å²) in [5.41, 5.74) is -0.489. The van der Waals surface area contributed by atoms with Gasteiger partial charge >= 0.3 is 0 Å². The van der Waals surface area contributed by atoms with Gasteiger partial charge in [-0.1, -0.05) is 25.4 Å². The van der Waals surface area contributed by atoms with E-state index >= 15 is 0 Å². The van der Waals surface area contributed by atoms with Gasteiger partial charge in [-0.2, -0.15) is 4.31 Å². The monoisotopic (exact) mass is 333 g/mol. The van der Waals surface area contributed by atoms with Gasteiger partial charge in [-0.15, -0.1) is 0 Å². The number of pyridine rings is 1. The molecule has 0 unspecified atom stereocenters. The molecule has 0 atom stereocenters. The summed E-state index contributed by atoms with van der Waals surface area (Å²) in [4.78, 5) is 15.9. The highest BCUT2D eigenvalue weighted by atomic mass is 35.5. The molecule has 0 aromatic carbocycles. The van der Waals surface area contributed by atoms with Crippen molar-refractivity contribution in [2.24, 2.45) is 5.92 Å². The van der Waals surface area contributed by atoms with Crippen LogP contribution >= 0.6 is 11.6 Å². The van der Waals surface area contributed by atoms with Crippen LogP contribution in [0.5, 0.6) is 0 Å². The molecule has 1 aliphatic rings. The van der Waals surface area contributed by atoms with Gasteiger partial charge in [0.15, 0.2) is 0 Å². The van der Waals surface area contributed by atoms with Gasteiger partial charge in [0.25, 0.3) is 5.56 Å². The predicted molar refractivity (Wildman–Crippen MR) is 82.1 cm³/mol. The van der Waals surface area contributed by atoms with Crippen LogP contribution in [0.2, 0.25) is 5.02 Å². The summed E-state index contributed by atoms with van der Waals surface area (Å²) < 4.78 is 26.5. The lowest BCUT2D eigenvalue weighted by molar-refractivity contribution is 0.172. The highest BCUT2D eigenvalue weighted by molar-refractivity contribution is 7.89. The van der Waals surface area contributed by atoms with Crippen molar-refractivity contribution in [1.29, 1.82) is 0 Å². The number of H-pyrrole nitrogens is 1. The summed E-state index contributed by atoms with van der Waals surface area (Å²) >= 11 is 5.70. The number of aromatic amines is 1. The fraction of sp³-hybridized carbons (Fsp3) is 0.615. The SMILES string of the molecule is CC(C)CN1CCN(S(=O)(=O)c2c[nH]c(=O)c(Cl)c2)CC1. The van der Waals surface area contributed by atoms with Gasteiger partial charge in [-0.25, -0.2) is 8.42 Å². The standard InChI is InChI=1S/C13H20ClN3O3S/c1-10(2)9-16-3-5-17(6-4-16)21(19,20)11-7-12(14)13(18)15-8-11/h7-8,10H,3-6,9H2,1-2H3,(H,15,18). The molecule has 1 aliphatic heterocycles. The highest BCUT2D eigenvalue weighted by Gasteiger charge is 2.29. The van der Waals surface area contributed by atoms with Crippen molar-refractivity contribution in [2.45, 2.75) is 18.7 Å². The Morgan fingerprint density at radius 2 is 1.90 bits per heavy atom. The first kappa shape index (κ1) is 16.5. The van der Waals surface area contributed by atoms with Crippen molar-refractivity contribution in [1.82, 2.24) is 14.2 Å². The number of sulfonamides is 1. The van der Waals surface area contributed by atoms with Crippen molar-refractivity contribution in [3.63, 3.8) is 0 Å².